The highest BCUT2D eigenvalue weighted by Gasteiger charge is 2.30. The highest BCUT2D eigenvalue weighted by Crippen LogP contribution is 2.29. The number of benzene rings is 1. The van der Waals surface area contributed by atoms with Crippen LogP contribution in [0.2, 0.25) is 5.28 Å². The molecule has 0 fully saturated rings. The molecule has 0 aliphatic carbocycles. The molecule has 1 aromatic heterocycles. The lowest BCUT2D eigenvalue weighted by molar-refractivity contribution is -0.137. The number of carbonyl (C=O) groups excluding carboxylic acids is 1. The van der Waals surface area contributed by atoms with Crippen molar-refractivity contribution in [3.05, 3.63) is 51.3 Å². The van der Waals surface area contributed by atoms with E-state index in [1.54, 1.807) is 0 Å². The Morgan fingerprint density at radius 1 is 1.20 bits per heavy atom. The molecule has 0 saturated carbocycles. The van der Waals surface area contributed by atoms with Crippen LogP contribution in [0.25, 0.3) is 0 Å². The lowest BCUT2D eigenvalue weighted by Gasteiger charge is -2.09. The summed E-state index contributed by atoms with van der Waals surface area (Å²) in [4.78, 5) is 19.7. The largest absolute Gasteiger partial charge is 0.416 e. The molecule has 25 heavy (non-hydrogen) atoms. The Morgan fingerprint density at radius 2 is 1.88 bits per heavy atom. The first kappa shape index (κ1) is 19.5. The average molecular weight is 438 g/mol. The Labute approximate surface area is 155 Å². The summed E-state index contributed by atoms with van der Waals surface area (Å²) >= 11 is 8.97. The maximum atomic E-state index is 12.5. The Morgan fingerprint density at radius 3 is 2.52 bits per heavy atom. The molecule has 134 valence electrons. The van der Waals surface area contributed by atoms with E-state index in [1.165, 1.54) is 6.20 Å². The summed E-state index contributed by atoms with van der Waals surface area (Å²) in [7, 11) is 0. The minimum atomic E-state index is -4.42. The predicted octanol–water partition coefficient (Wildman–Crippen LogP) is 4.14. The summed E-state index contributed by atoms with van der Waals surface area (Å²) in [6, 6.07) is 4.06. The lowest BCUT2D eigenvalue weighted by atomic mass is 10.1. The zero-order valence-corrected chi connectivity index (χ0v) is 15.0. The van der Waals surface area contributed by atoms with Crippen molar-refractivity contribution in [3.63, 3.8) is 0 Å². The number of rotatable bonds is 6. The first-order valence-corrected chi connectivity index (χ1v) is 8.32. The topological polar surface area (TPSA) is 66.9 Å². The van der Waals surface area contributed by atoms with Crippen LogP contribution in [0.1, 0.15) is 22.3 Å². The molecule has 1 amide bonds. The molecule has 5 nitrogen and oxygen atoms in total. The number of nitrogens with one attached hydrogen (secondary N) is 2. The van der Waals surface area contributed by atoms with E-state index in [2.05, 4.69) is 36.5 Å². The summed E-state index contributed by atoms with van der Waals surface area (Å²) in [5.41, 5.74) is -0.617. The summed E-state index contributed by atoms with van der Waals surface area (Å²) in [6.07, 6.45) is -2.32. The van der Waals surface area contributed by atoms with Crippen molar-refractivity contribution in [2.45, 2.75) is 12.6 Å². The monoisotopic (exact) mass is 436 g/mol. The predicted molar refractivity (Wildman–Crippen MR) is 91.6 cm³/mol. The number of halogens is 5. The van der Waals surface area contributed by atoms with Crippen LogP contribution < -0.4 is 10.6 Å². The summed E-state index contributed by atoms with van der Waals surface area (Å²) in [6.45, 7) is 0.864. The Bertz CT molecular complexity index is 741. The number of anilines is 1. The van der Waals surface area contributed by atoms with Gasteiger partial charge in [-0.15, -0.1) is 0 Å². The Kier molecular flexibility index (Phi) is 6.60. The molecule has 10 heteroatoms. The molecule has 0 bridgehead atoms. The van der Waals surface area contributed by atoms with Crippen LogP contribution in [0.15, 0.2) is 34.9 Å². The smallest absolute Gasteiger partial charge is 0.369 e. The Balaban J connectivity index is 1.76. The van der Waals surface area contributed by atoms with Gasteiger partial charge in [0.25, 0.3) is 5.91 Å². The maximum Gasteiger partial charge on any atom is 0.416 e. The SMILES string of the molecule is O=C(NCCCNc1nc(Cl)ncc1Br)c1ccc(C(F)(F)F)cc1. The number of nitrogens with zero attached hydrogens (tertiary/aromatic N) is 2. The van der Waals surface area contributed by atoms with E-state index in [1.807, 2.05) is 0 Å². The van der Waals surface area contributed by atoms with Gasteiger partial charge in [-0.05, 0) is 58.2 Å². The van der Waals surface area contributed by atoms with E-state index >= 15 is 0 Å². The molecule has 0 atom stereocenters. The number of amides is 1. The summed E-state index contributed by atoms with van der Waals surface area (Å²) in [5.74, 6) is 0.106. The van der Waals surface area contributed by atoms with Crippen LogP contribution in [0.3, 0.4) is 0 Å². The molecule has 0 aliphatic rings. The third-order valence-electron chi connectivity index (χ3n) is 3.12. The molecule has 0 radical (unpaired) electrons. The fraction of sp³-hybridized carbons (Fsp3) is 0.267. The molecule has 2 N–H and O–H groups in total. The minimum absolute atomic E-state index is 0.112. The van der Waals surface area contributed by atoms with Crippen molar-refractivity contribution in [3.8, 4) is 0 Å². The first-order chi connectivity index (χ1) is 11.8. The van der Waals surface area contributed by atoms with E-state index in [0.29, 0.717) is 29.8 Å². The zero-order valence-electron chi connectivity index (χ0n) is 12.7. The number of carbonyl (C=O) groups is 1. The first-order valence-electron chi connectivity index (χ1n) is 7.15. The maximum absolute atomic E-state index is 12.5. The zero-order chi connectivity index (χ0) is 18.4. The quantitative estimate of drug-likeness (QED) is 0.526. The van der Waals surface area contributed by atoms with Gasteiger partial charge in [0.05, 0.1) is 10.0 Å². The van der Waals surface area contributed by atoms with Crippen molar-refractivity contribution >= 4 is 39.3 Å². The number of alkyl halides is 3. The van der Waals surface area contributed by atoms with Gasteiger partial charge in [0.1, 0.15) is 5.82 Å². The number of hydrogen-bond acceptors (Lipinski definition) is 4. The van der Waals surface area contributed by atoms with Gasteiger partial charge >= 0.3 is 6.18 Å². The van der Waals surface area contributed by atoms with Crippen molar-refractivity contribution in [2.24, 2.45) is 0 Å². The fourth-order valence-corrected chi connectivity index (χ4v) is 2.34. The molecule has 1 heterocycles. The van der Waals surface area contributed by atoms with Gasteiger partial charge in [-0.2, -0.15) is 18.2 Å². The molecule has 0 spiro atoms. The van der Waals surface area contributed by atoms with E-state index in [-0.39, 0.29) is 10.8 Å². The van der Waals surface area contributed by atoms with Crippen molar-refractivity contribution in [2.75, 3.05) is 18.4 Å². The highest BCUT2D eigenvalue weighted by atomic mass is 79.9. The lowest BCUT2D eigenvalue weighted by Crippen LogP contribution is -2.26. The molecular formula is C15H13BrClF3N4O. The fourth-order valence-electron chi connectivity index (χ4n) is 1.88. The minimum Gasteiger partial charge on any atom is -0.369 e. The molecule has 0 aliphatic heterocycles. The van der Waals surface area contributed by atoms with E-state index in [0.717, 1.165) is 24.3 Å². The van der Waals surface area contributed by atoms with Crippen LogP contribution in [-0.2, 0) is 6.18 Å². The van der Waals surface area contributed by atoms with Gasteiger partial charge in [0.2, 0.25) is 5.28 Å². The van der Waals surface area contributed by atoms with Crippen LogP contribution in [-0.4, -0.2) is 29.0 Å². The van der Waals surface area contributed by atoms with Crippen LogP contribution >= 0.6 is 27.5 Å². The van der Waals surface area contributed by atoms with Crippen LogP contribution in [0.5, 0.6) is 0 Å². The second-order valence-electron chi connectivity index (χ2n) is 4.95. The molecule has 1 aromatic carbocycles. The van der Waals surface area contributed by atoms with E-state index in [9.17, 15) is 18.0 Å². The number of hydrogen-bond donors (Lipinski definition) is 2. The standard InChI is InChI=1S/C15H13BrClF3N4O/c16-11-8-23-14(17)24-12(11)21-6-1-7-22-13(25)9-2-4-10(5-3-9)15(18,19)20/h2-5,8H,1,6-7H2,(H,22,25)(H,21,23,24). The normalized spacial score (nSPS) is 11.2. The second kappa shape index (κ2) is 8.48. The van der Waals surface area contributed by atoms with Crippen LogP contribution in [0, 0.1) is 0 Å². The van der Waals surface area contributed by atoms with Crippen molar-refractivity contribution < 1.29 is 18.0 Å². The van der Waals surface area contributed by atoms with Gasteiger partial charge in [0, 0.05) is 24.8 Å². The average Bonchev–Trinajstić information content (AvgIpc) is 2.56. The van der Waals surface area contributed by atoms with Crippen LogP contribution in [0.4, 0.5) is 19.0 Å². The summed E-state index contributed by atoms with van der Waals surface area (Å²) in [5, 5.41) is 5.78. The van der Waals surface area contributed by atoms with Gasteiger partial charge in [-0.1, -0.05) is 0 Å². The van der Waals surface area contributed by atoms with Gasteiger partial charge in [0.15, 0.2) is 0 Å². The molecule has 0 saturated heterocycles. The molecular weight excluding hydrogens is 425 g/mol. The molecule has 2 aromatic rings. The third-order valence-corrected chi connectivity index (χ3v) is 3.88. The van der Waals surface area contributed by atoms with Crippen molar-refractivity contribution in [1.82, 2.24) is 15.3 Å². The third kappa shape index (κ3) is 5.86. The number of aromatic nitrogens is 2. The second-order valence-corrected chi connectivity index (χ2v) is 6.14. The van der Waals surface area contributed by atoms with Crippen molar-refractivity contribution in [1.29, 1.82) is 0 Å². The highest BCUT2D eigenvalue weighted by molar-refractivity contribution is 9.10. The molecule has 0 unspecified atom stereocenters. The van der Waals surface area contributed by atoms with Gasteiger partial charge in [-0.3, -0.25) is 4.79 Å². The molecule has 2 rings (SSSR count). The van der Waals surface area contributed by atoms with E-state index in [4.69, 9.17) is 11.6 Å². The Hall–Kier alpha value is -1.87. The summed E-state index contributed by atoms with van der Waals surface area (Å²) < 4.78 is 38.1. The van der Waals surface area contributed by atoms with E-state index < -0.39 is 17.6 Å². The van der Waals surface area contributed by atoms with Gasteiger partial charge < -0.3 is 10.6 Å². The van der Waals surface area contributed by atoms with Gasteiger partial charge in [-0.25, -0.2) is 4.98 Å².